The second-order valence-corrected chi connectivity index (χ2v) is 4.47. The summed E-state index contributed by atoms with van der Waals surface area (Å²) in [6.07, 6.45) is 4.89. The van der Waals surface area contributed by atoms with Crippen molar-refractivity contribution in [3.05, 3.63) is 41.1 Å². The number of halogens is 1. The Labute approximate surface area is 103 Å². The highest BCUT2D eigenvalue weighted by atomic mass is 79.9. The molecule has 0 saturated carbocycles. The fourth-order valence-electron chi connectivity index (χ4n) is 1.57. The Bertz CT molecular complexity index is 465. The minimum Gasteiger partial charge on any atom is -0.330 e. The van der Waals surface area contributed by atoms with E-state index in [0.29, 0.717) is 6.54 Å². The molecular formula is C12H14BrN3. The van der Waals surface area contributed by atoms with Crippen molar-refractivity contribution in [2.45, 2.75) is 13.0 Å². The largest absolute Gasteiger partial charge is 0.330 e. The third kappa shape index (κ3) is 2.51. The summed E-state index contributed by atoms with van der Waals surface area (Å²) in [6.45, 7) is 1.57. The van der Waals surface area contributed by atoms with Crippen LogP contribution in [0.4, 0.5) is 0 Å². The number of hydrogen-bond acceptors (Lipinski definition) is 2. The molecule has 0 bridgehead atoms. The molecule has 2 N–H and O–H groups in total. The van der Waals surface area contributed by atoms with E-state index in [4.69, 9.17) is 5.73 Å². The Hall–Kier alpha value is -1.13. The van der Waals surface area contributed by atoms with Gasteiger partial charge < -0.3 is 5.73 Å². The van der Waals surface area contributed by atoms with Gasteiger partial charge in [0.1, 0.15) is 0 Å². The van der Waals surface area contributed by atoms with E-state index in [1.165, 1.54) is 5.56 Å². The number of nitrogens with zero attached hydrogens (tertiary/aromatic N) is 2. The van der Waals surface area contributed by atoms with Crippen LogP contribution in [-0.4, -0.2) is 16.3 Å². The molecule has 1 aromatic carbocycles. The summed E-state index contributed by atoms with van der Waals surface area (Å²) < 4.78 is 3.02. The van der Waals surface area contributed by atoms with E-state index in [0.717, 1.165) is 23.0 Å². The van der Waals surface area contributed by atoms with Gasteiger partial charge >= 0.3 is 0 Å². The van der Waals surface area contributed by atoms with E-state index in [9.17, 15) is 0 Å². The number of nitrogens with two attached hydrogens (primary N) is 1. The fourth-order valence-corrected chi connectivity index (χ4v) is 2.09. The Morgan fingerprint density at radius 2 is 2.12 bits per heavy atom. The second kappa shape index (κ2) is 5.27. The number of aryl methyl sites for hydroxylation is 1. The van der Waals surface area contributed by atoms with Crippen molar-refractivity contribution in [3.8, 4) is 11.1 Å². The van der Waals surface area contributed by atoms with E-state index in [1.54, 1.807) is 0 Å². The van der Waals surface area contributed by atoms with Crippen molar-refractivity contribution in [2.24, 2.45) is 5.73 Å². The predicted octanol–water partition coefficient (Wildman–Crippen LogP) is 2.66. The van der Waals surface area contributed by atoms with Gasteiger partial charge in [0.25, 0.3) is 0 Å². The molecule has 0 aliphatic rings. The summed E-state index contributed by atoms with van der Waals surface area (Å²) >= 11 is 3.54. The summed E-state index contributed by atoms with van der Waals surface area (Å²) in [5, 5.41) is 4.31. The standard InChI is InChI=1S/C12H14BrN3/c13-12-5-2-1-4-11(12)10-8-15-16(9-10)7-3-6-14/h1-2,4-5,8-9H,3,6-7,14H2. The van der Waals surface area contributed by atoms with Crippen LogP contribution in [-0.2, 0) is 6.54 Å². The van der Waals surface area contributed by atoms with Gasteiger partial charge in [-0.2, -0.15) is 5.10 Å². The maximum atomic E-state index is 5.47. The summed E-state index contributed by atoms with van der Waals surface area (Å²) in [5.74, 6) is 0. The lowest BCUT2D eigenvalue weighted by Crippen LogP contribution is -2.05. The summed E-state index contributed by atoms with van der Waals surface area (Å²) in [5.41, 5.74) is 7.77. The van der Waals surface area contributed by atoms with Crippen LogP contribution in [0.2, 0.25) is 0 Å². The molecule has 1 aromatic heterocycles. The number of aromatic nitrogens is 2. The Kier molecular flexibility index (Phi) is 3.74. The third-order valence-corrected chi connectivity index (χ3v) is 3.10. The van der Waals surface area contributed by atoms with Gasteiger partial charge in [-0.1, -0.05) is 34.1 Å². The molecule has 0 atom stereocenters. The van der Waals surface area contributed by atoms with Gasteiger partial charge in [-0.25, -0.2) is 0 Å². The molecule has 16 heavy (non-hydrogen) atoms. The smallest absolute Gasteiger partial charge is 0.0568 e. The molecule has 3 nitrogen and oxygen atoms in total. The highest BCUT2D eigenvalue weighted by molar-refractivity contribution is 9.10. The maximum Gasteiger partial charge on any atom is 0.0568 e. The quantitative estimate of drug-likeness (QED) is 0.935. The van der Waals surface area contributed by atoms with Gasteiger partial charge in [0.15, 0.2) is 0 Å². The Morgan fingerprint density at radius 1 is 1.31 bits per heavy atom. The molecule has 0 amide bonds. The van der Waals surface area contributed by atoms with Gasteiger partial charge in [-0.05, 0) is 24.6 Å². The maximum absolute atomic E-state index is 5.47. The van der Waals surface area contributed by atoms with E-state index >= 15 is 0 Å². The number of benzene rings is 1. The van der Waals surface area contributed by atoms with Gasteiger partial charge in [0.2, 0.25) is 0 Å². The molecule has 0 spiro atoms. The summed E-state index contributed by atoms with van der Waals surface area (Å²) in [7, 11) is 0. The first kappa shape index (κ1) is 11.4. The van der Waals surface area contributed by atoms with Gasteiger partial charge in [-0.3, -0.25) is 4.68 Å². The van der Waals surface area contributed by atoms with Crippen LogP contribution in [0.5, 0.6) is 0 Å². The Balaban J connectivity index is 2.22. The molecule has 0 fully saturated rings. The zero-order valence-electron chi connectivity index (χ0n) is 8.94. The van der Waals surface area contributed by atoms with Gasteiger partial charge in [-0.15, -0.1) is 0 Å². The van der Waals surface area contributed by atoms with E-state index in [1.807, 2.05) is 29.1 Å². The van der Waals surface area contributed by atoms with Gasteiger partial charge in [0, 0.05) is 22.8 Å². The average Bonchev–Trinajstić information content (AvgIpc) is 2.75. The monoisotopic (exact) mass is 279 g/mol. The zero-order chi connectivity index (χ0) is 11.4. The first-order valence-electron chi connectivity index (χ1n) is 5.28. The third-order valence-electron chi connectivity index (χ3n) is 2.41. The zero-order valence-corrected chi connectivity index (χ0v) is 10.5. The molecule has 84 valence electrons. The van der Waals surface area contributed by atoms with Crippen LogP contribution in [0.3, 0.4) is 0 Å². The normalized spacial score (nSPS) is 10.6. The predicted molar refractivity (Wildman–Crippen MR) is 69.0 cm³/mol. The van der Waals surface area contributed by atoms with Crippen LogP contribution in [0.1, 0.15) is 6.42 Å². The molecule has 4 heteroatoms. The average molecular weight is 280 g/mol. The molecule has 0 aliphatic carbocycles. The van der Waals surface area contributed by atoms with Crippen LogP contribution < -0.4 is 5.73 Å². The molecule has 2 aromatic rings. The van der Waals surface area contributed by atoms with Gasteiger partial charge in [0.05, 0.1) is 6.20 Å². The SMILES string of the molecule is NCCCn1cc(-c2ccccc2Br)cn1. The minimum atomic E-state index is 0.699. The first-order valence-corrected chi connectivity index (χ1v) is 6.08. The summed E-state index contributed by atoms with van der Waals surface area (Å²) in [6, 6.07) is 8.14. The van der Waals surface area contributed by atoms with Crippen molar-refractivity contribution < 1.29 is 0 Å². The fraction of sp³-hybridized carbons (Fsp3) is 0.250. The van der Waals surface area contributed by atoms with Crippen LogP contribution in [0, 0.1) is 0 Å². The van der Waals surface area contributed by atoms with E-state index in [2.05, 4.69) is 33.3 Å². The lowest BCUT2D eigenvalue weighted by Gasteiger charge is -2.00. The number of rotatable bonds is 4. The van der Waals surface area contributed by atoms with Crippen LogP contribution >= 0.6 is 15.9 Å². The topological polar surface area (TPSA) is 43.8 Å². The lowest BCUT2D eigenvalue weighted by molar-refractivity contribution is 0.585. The molecule has 1 heterocycles. The van der Waals surface area contributed by atoms with Crippen molar-refractivity contribution in [1.29, 1.82) is 0 Å². The molecular weight excluding hydrogens is 266 g/mol. The summed E-state index contributed by atoms with van der Waals surface area (Å²) in [4.78, 5) is 0. The van der Waals surface area contributed by atoms with Crippen molar-refractivity contribution in [1.82, 2.24) is 9.78 Å². The van der Waals surface area contributed by atoms with Crippen molar-refractivity contribution in [3.63, 3.8) is 0 Å². The number of hydrogen-bond donors (Lipinski definition) is 1. The lowest BCUT2D eigenvalue weighted by atomic mass is 10.1. The Morgan fingerprint density at radius 3 is 2.88 bits per heavy atom. The highest BCUT2D eigenvalue weighted by Gasteiger charge is 2.04. The minimum absolute atomic E-state index is 0.699. The molecule has 0 aliphatic heterocycles. The first-order chi connectivity index (χ1) is 7.81. The molecule has 0 saturated heterocycles. The van der Waals surface area contributed by atoms with Crippen molar-refractivity contribution in [2.75, 3.05) is 6.54 Å². The van der Waals surface area contributed by atoms with Crippen molar-refractivity contribution >= 4 is 15.9 Å². The van der Waals surface area contributed by atoms with Crippen LogP contribution in [0.15, 0.2) is 41.1 Å². The molecule has 0 unspecified atom stereocenters. The second-order valence-electron chi connectivity index (χ2n) is 3.61. The highest BCUT2D eigenvalue weighted by Crippen LogP contribution is 2.27. The van der Waals surface area contributed by atoms with E-state index < -0.39 is 0 Å². The molecule has 2 rings (SSSR count). The van der Waals surface area contributed by atoms with Crippen LogP contribution in [0.25, 0.3) is 11.1 Å². The van der Waals surface area contributed by atoms with E-state index in [-0.39, 0.29) is 0 Å². The molecule has 0 radical (unpaired) electrons.